The molecule has 0 N–H and O–H groups in total. The predicted molar refractivity (Wildman–Crippen MR) is 156 cm³/mol. The van der Waals surface area contributed by atoms with Crippen LogP contribution >= 0.6 is 15.8 Å². The van der Waals surface area contributed by atoms with Crippen molar-refractivity contribution in [1.82, 2.24) is 0 Å². The molecule has 0 radical (unpaired) electrons. The third-order valence-electron chi connectivity index (χ3n) is 8.08. The number of benzene rings is 3. The number of unbranched alkanes of at least 4 members (excludes halogenated alkanes) is 1. The molecule has 1 saturated heterocycles. The molecule has 1 fully saturated rings. The second kappa shape index (κ2) is 10.6. The summed E-state index contributed by atoms with van der Waals surface area (Å²) in [5, 5.41) is 5.09. The fourth-order valence-corrected chi connectivity index (χ4v) is 14.6. The zero-order valence-corrected chi connectivity index (χ0v) is 22.7. The Hall–Kier alpha value is -1.91. The predicted octanol–water partition coefficient (Wildman–Crippen LogP) is 10.1. The molecule has 0 amide bonds. The summed E-state index contributed by atoms with van der Waals surface area (Å²) in [7, 11) is -0.736. The van der Waals surface area contributed by atoms with Gasteiger partial charge in [-0.05, 0) is 94.1 Å². The van der Waals surface area contributed by atoms with E-state index in [4.69, 9.17) is 0 Å². The number of hydrogen-bond donors (Lipinski definition) is 0. The Kier molecular flexibility index (Phi) is 7.11. The van der Waals surface area contributed by atoms with Gasteiger partial charge in [-0.15, -0.1) is 0 Å². The third-order valence-corrected chi connectivity index (χ3v) is 14.9. The van der Waals surface area contributed by atoms with Gasteiger partial charge in [-0.3, -0.25) is 0 Å². The van der Waals surface area contributed by atoms with Gasteiger partial charge in [0, 0.05) is 23.0 Å². The second-order valence-corrected chi connectivity index (χ2v) is 15.2. The van der Waals surface area contributed by atoms with Crippen LogP contribution in [0, 0.1) is 0 Å². The van der Waals surface area contributed by atoms with Gasteiger partial charge < -0.3 is 0 Å². The molecule has 4 aromatic rings. The monoisotopic (exact) mass is 497 g/mol. The van der Waals surface area contributed by atoms with E-state index in [9.17, 15) is 0 Å². The molecule has 35 heavy (non-hydrogen) atoms. The maximum absolute atomic E-state index is 3.13. The highest BCUT2D eigenvalue weighted by atomic mass is 31.2. The molecular formula is C32H37NP2. The van der Waals surface area contributed by atoms with E-state index in [1.54, 1.807) is 27.2 Å². The van der Waals surface area contributed by atoms with Gasteiger partial charge in [0.25, 0.3) is 0 Å². The molecule has 0 spiro atoms. The molecule has 1 nitrogen and oxygen atoms in total. The Morgan fingerprint density at radius 2 is 1.34 bits per heavy atom. The summed E-state index contributed by atoms with van der Waals surface area (Å²) in [6.07, 6.45) is 10.5. The standard InChI is InChI=1S/C32H37NP2/c1-2-3-24-33(35-31-20-12-10-18-27(31)28-19-11-13-21-32(28)35)34-29(25-14-6-4-7-15-25)22-23-30(34)26-16-8-5-9-17-26/h4-10,12,14-18,20,29-30H,2-3,11,13,19,21-24H2,1H3/t29-,30-,35?/m0/s1. The lowest BCUT2D eigenvalue weighted by atomic mass is 9.96. The summed E-state index contributed by atoms with van der Waals surface area (Å²) in [5.74, 6) is 0. The average molecular weight is 498 g/mol. The normalized spacial score (nSPS) is 21.0. The fourth-order valence-electron chi connectivity index (χ4n) is 6.46. The summed E-state index contributed by atoms with van der Waals surface area (Å²) in [4.78, 5) is 0. The Morgan fingerprint density at radius 3 is 2.00 bits per heavy atom. The molecule has 180 valence electrons. The SMILES string of the molecule is CCCCN(P1[C@H](c2ccccc2)CC[C@H]1c1ccccc1)p1c2c(c3ccccc31)CCCC2. The zero-order chi connectivity index (χ0) is 23.6. The number of hydrogen-bond acceptors (Lipinski definition) is 1. The van der Waals surface area contributed by atoms with E-state index in [0.717, 1.165) is 0 Å². The minimum atomic E-state index is -0.397. The minimum Gasteiger partial charge on any atom is -0.237 e. The van der Waals surface area contributed by atoms with Crippen LogP contribution < -0.4 is 4.44 Å². The molecule has 2 aliphatic rings. The van der Waals surface area contributed by atoms with Gasteiger partial charge in [0.2, 0.25) is 0 Å². The van der Waals surface area contributed by atoms with Gasteiger partial charge in [0.15, 0.2) is 0 Å². The summed E-state index contributed by atoms with van der Waals surface area (Å²) in [6, 6.07) is 32.5. The molecule has 0 bridgehead atoms. The largest absolute Gasteiger partial charge is 0.237 e. The van der Waals surface area contributed by atoms with E-state index in [-0.39, 0.29) is 8.07 Å². The maximum Gasteiger partial charge on any atom is 0.0186 e. The van der Waals surface area contributed by atoms with Crippen LogP contribution in [0.4, 0.5) is 0 Å². The molecule has 3 aromatic carbocycles. The summed E-state index contributed by atoms with van der Waals surface area (Å²) in [6.45, 7) is 3.61. The van der Waals surface area contributed by atoms with E-state index in [0.29, 0.717) is 11.3 Å². The van der Waals surface area contributed by atoms with Crippen molar-refractivity contribution in [2.24, 2.45) is 0 Å². The second-order valence-electron chi connectivity index (χ2n) is 10.2. The van der Waals surface area contributed by atoms with Crippen molar-refractivity contribution in [3.8, 4) is 0 Å². The number of nitrogens with zero attached hydrogens (tertiary/aromatic N) is 1. The lowest BCUT2D eigenvalue weighted by Gasteiger charge is -2.38. The van der Waals surface area contributed by atoms with E-state index in [1.807, 2.05) is 5.30 Å². The first-order valence-corrected chi connectivity index (χ1v) is 16.4. The van der Waals surface area contributed by atoms with Crippen molar-refractivity contribution in [2.45, 2.75) is 69.6 Å². The first kappa shape index (κ1) is 23.5. The average Bonchev–Trinajstić information content (AvgIpc) is 3.51. The number of fused-ring (bicyclic) bond motifs is 3. The Bertz CT molecular complexity index is 1220. The van der Waals surface area contributed by atoms with Crippen molar-refractivity contribution in [2.75, 3.05) is 11.0 Å². The highest BCUT2D eigenvalue weighted by molar-refractivity contribution is 7.76. The van der Waals surface area contributed by atoms with Crippen LogP contribution in [0.2, 0.25) is 0 Å². The van der Waals surface area contributed by atoms with Crippen molar-refractivity contribution >= 4 is 26.3 Å². The smallest absolute Gasteiger partial charge is 0.0186 e. The first-order chi connectivity index (χ1) is 17.4. The Morgan fingerprint density at radius 1 is 0.743 bits per heavy atom. The van der Waals surface area contributed by atoms with Crippen molar-refractivity contribution < 1.29 is 0 Å². The van der Waals surface area contributed by atoms with Gasteiger partial charge in [-0.25, -0.2) is 4.44 Å². The number of aryl methyl sites for hydroxylation is 1. The molecule has 3 heteroatoms. The van der Waals surface area contributed by atoms with Gasteiger partial charge in [-0.1, -0.05) is 92.2 Å². The van der Waals surface area contributed by atoms with Gasteiger partial charge in [0.05, 0.1) is 0 Å². The van der Waals surface area contributed by atoms with Gasteiger partial charge in [0.1, 0.15) is 0 Å². The van der Waals surface area contributed by atoms with E-state index >= 15 is 0 Å². The summed E-state index contributed by atoms with van der Waals surface area (Å²) >= 11 is 0. The quantitative estimate of drug-likeness (QED) is 0.230. The van der Waals surface area contributed by atoms with E-state index < -0.39 is 7.68 Å². The van der Waals surface area contributed by atoms with Crippen molar-refractivity contribution in [3.63, 3.8) is 0 Å². The molecule has 0 saturated carbocycles. The van der Waals surface area contributed by atoms with Crippen LogP contribution in [0.25, 0.3) is 10.5 Å². The van der Waals surface area contributed by atoms with Crippen LogP contribution in [0.3, 0.4) is 0 Å². The molecule has 1 unspecified atom stereocenters. The lowest BCUT2D eigenvalue weighted by molar-refractivity contribution is 0.699. The Balaban J connectivity index is 1.54. The summed E-state index contributed by atoms with van der Waals surface area (Å²) in [5.41, 5.74) is 6.19. The number of rotatable bonds is 7. The highest BCUT2D eigenvalue weighted by Gasteiger charge is 2.43. The lowest BCUT2D eigenvalue weighted by Crippen LogP contribution is -2.20. The van der Waals surface area contributed by atoms with Crippen LogP contribution in [-0.4, -0.2) is 6.54 Å². The minimum absolute atomic E-state index is 0.339. The van der Waals surface area contributed by atoms with Crippen LogP contribution in [0.5, 0.6) is 0 Å². The summed E-state index contributed by atoms with van der Waals surface area (Å²) < 4.78 is 3.13. The third kappa shape index (κ3) is 4.42. The highest BCUT2D eigenvalue weighted by Crippen LogP contribution is 2.75. The maximum atomic E-state index is 3.13. The molecule has 2 heterocycles. The molecule has 1 aliphatic carbocycles. The van der Waals surface area contributed by atoms with E-state index in [1.165, 1.54) is 57.9 Å². The van der Waals surface area contributed by atoms with Crippen molar-refractivity contribution in [3.05, 3.63) is 107 Å². The molecule has 1 aliphatic heterocycles. The topological polar surface area (TPSA) is 3.24 Å². The van der Waals surface area contributed by atoms with Crippen molar-refractivity contribution in [1.29, 1.82) is 0 Å². The van der Waals surface area contributed by atoms with Gasteiger partial charge in [-0.2, -0.15) is 0 Å². The fraction of sp³-hybridized carbons (Fsp3) is 0.375. The van der Waals surface area contributed by atoms with Gasteiger partial charge >= 0.3 is 0 Å². The van der Waals surface area contributed by atoms with Crippen LogP contribution in [0.15, 0.2) is 84.9 Å². The molecule has 3 atom stereocenters. The zero-order valence-electron chi connectivity index (χ0n) is 20.9. The Labute approximate surface area is 213 Å². The van der Waals surface area contributed by atoms with Crippen LogP contribution in [-0.2, 0) is 12.8 Å². The molecular weight excluding hydrogens is 460 g/mol. The first-order valence-electron chi connectivity index (χ1n) is 13.6. The van der Waals surface area contributed by atoms with E-state index in [2.05, 4.69) is 96.3 Å². The molecule has 1 aromatic heterocycles. The van der Waals surface area contributed by atoms with Crippen LogP contribution in [0.1, 0.15) is 78.8 Å². The molecule has 6 rings (SSSR count).